The number of hydrogen-bond donors (Lipinski definition) is 1. The minimum Gasteiger partial charge on any atom is -0.463 e. The topological polar surface area (TPSA) is 64.1 Å². The highest BCUT2D eigenvalue weighted by atomic mass is 32.2. The highest BCUT2D eigenvalue weighted by Gasteiger charge is 2.10. The summed E-state index contributed by atoms with van der Waals surface area (Å²) in [6.07, 6.45) is 2.03. The maximum Gasteiger partial charge on any atom is 0.376 e. The third kappa shape index (κ3) is 3.69. The van der Waals surface area contributed by atoms with Crippen molar-refractivity contribution in [2.24, 2.45) is 0 Å². The monoisotopic (exact) mass is 241 g/mol. The van der Waals surface area contributed by atoms with Gasteiger partial charge in [0.1, 0.15) is 5.82 Å². The Morgan fingerprint density at radius 2 is 2.31 bits per heavy atom. The molecule has 0 fully saturated rings. The van der Waals surface area contributed by atoms with E-state index in [0.717, 1.165) is 18.0 Å². The van der Waals surface area contributed by atoms with E-state index in [1.165, 1.54) is 7.11 Å². The Bertz CT molecular complexity index is 371. The highest BCUT2D eigenvalue weighted by molar-refractivity contribution is 7.98. The Morgan fingerprint density at radius 1 is 1.56 bits per heavy atom. The number of ether oxygens (including phenoxy) is 1. The minimum atomic E-state index is -0.517. The first-order valence-corrected chi connectivity index (χ1v) is 6.23. The van der Waals surface area contributed by atoms with Crippen LogP contribution in [0.25, 0.3) is 0 Å². The number of rotatable bonds is 5. The summed E-state index contributed by atoms with van der Waals surface area (Å²) in [6, 6.07) is 1.80. The van der Waals surface area contributed by atoms with E-state index in [2.05, 4.69) is 20.0 Å². The van der Waals surface area contributed by atoms with E-state index in [-0.39, 0.29) is 5.82 Å². The van der Waals surface area contributed by atoms with Crippen molar-refractivity contribution in [1.82, 2.24) is 9.97 Å². The van der Waals surface area contributed by atoms with Gasteiger partial charge in [0, 0.05) is 24.1 Å². The van der Waals surface area contributed by atoms with E-state index in [1.54, 1.807) is 17.8 Å². The van der Waals surface area contributed by atoms with Crippen LogP contribution in [0.15, 0.2) is 6.07 Å². The van der Waals surface area contributed by atoms with Crippen LogP contribution in [-0.4, -0.2) is 41.6 Å². The molecule has 1 N–H and O–H groups in total. The third-order valence-corrected chi connectivity index (χ3v) is 2.45. The Labute approximate surface area is 99.0 Å². The standard InChI is InChI=1S/C10H15N3O2S/c1-7-6-8(11-4-5-16-3)13-9(12-7)10(14)15-2/h6H,4-5H2,1-3H3,(H,11,12,13). The second-order valence-electron chi connectivity index (χ2n) is 3.13. The molecule has 0 saturated carbocycles. The van der Waals surface area contributed by atoms with Gasteiger partial charge in [-0.2, -0.15) is 11.8 Å². The lowest BCUT2D eigenvalue weighted by Gasteiger charge is -2.06. The second-order valence-corrected chi connectivity index (χ2v) is 4.11. The number of carbonyl (C=O) groups excluding carboxylic acids is 1. The summed E-state index contributed by atoms with van der Waals surface area (Å²) in [7, 11) is 1.31. The fourth-order valence-electron chi connectivity index (χ4n) is 1.12. The molecule has 0 radical (unpaired) electrons. The molecule has 0 aliphatic carbocycles. The summed E-state index contributed by atoms with van der Waals surface area (Å²) in [4.78, 5) is 19.3. The Hall–Kier alpha value is -1.30. The van der Waals surface area contributed by atoms with Crippen molar-refractivity contribution in [3.63, 3.8) is 0 Å². The molecule has 1 aromatic heterocycles. The van der Waals surface area contributed by atoms with Crippen LogP contribution in [0.4, 0.5) is 5.82 Å². The van der Waals surface area contributed by atoms with Crippen LogP contribution in [0.5, 0.6) is 0 Å². The first kappa shape index (κ1) is 12.8. The number of aryl methyl sites for hydroxylation is 1. The van der Waals surface area contributed by atoms with E-state index in [9.17, 15) is 4.79 Å². The molecule has 0 aliphatic heterocycles. The summed E-state index contributed by atoms with van der Waals surface area (Å²) in [6.45, 7) is 2.62. The highest BCUT2D eigenvalue weighted by Crippen LogP contribution is 2.07. The summed E-state index contributed by atoms with van der Waals surface area (Å²) < 4.78 is 4.58. The van der Waals surface area contributed by atoms with Crippen molar-refractivity contribution in [3.8, 4) is 0 Å². The number of anilines is 1. The van der Waals surface area contributed by atoms with Crippen LogP contribution in [0.1, 0.15) is 16.3 Å². The molecule has 16 heavy (non-hydrogen) atoms. The maximum absolute atomic E-state index is 11.3. The van der Waals surface area contributed by atoms with Crippen LogP contribution in [0.3, 0.4) is 0 Å². The van der Waals surface area contributed by atoms with Crippen LogP contribution < -0.4 is 5.32 Å². The van der Waals surface area contributed by atoms with E-state index in [0.29, 0.717) is 5.82 Å². The number of carbonyl (C=O) groups is 1. The van der Waals surface area contributed by atoms with Gasteiger partial charge in [0.25, 0.3) is 0 Å². The van der Waals surface area contributed by atoms with Gasteiger partial charge < -0.3 is 10.1 Å². The van der Waals surface area contributed by atoms with Crippen molar-refractivity contribution in [1.29, 1.82) is 0 Å². The summed E-state index contributed by atoms with van der Waals surface area (Å²) in [5.74, 6) is 1.21. The summed E-state index contributed by atoms with van der Waals surface area (Å²) in [5.41, 5.74) is 0.738. The van der Waals surface area contributed by atoms with Gasteiger partial charge in [0.05, 0.1) is 7.11 Å². The average Bonchev–Trinajstić information content (AvgIpc) is 2.27. The normalized spacial score (nSPS) is 9.94. The zero-order valence-corrected chi connectivity index (χ0v) is 10.4. The molecule has 0 saturated heterocycles. The number of methoxy groups -OCH3 is 1. The lowest BCUT2D eigenvalue weighted by Crippen LogP contribution is -2.12. The molecule has 0 aliphatic rings. The molecule has 0 bridgehead atoms. The molecule has 5 nitrogen and oxygen atoms in total. The summed E-state index contributed by atoms with van der Waals surface area (Å²) in [5, 5.41) is 3.13. The predicted octanol–water partition coefficient (Wildman–Crippen LogP) is 1.35. The molecule has 88 valence electrons. The molecule has 1 heterocycles. The van der Waals surface area contributed by atoms with E-state index >= 15 is 0 Å². The van der Waals surface area contributed by atoms with Crippen molar-refractivity contribution in [3.05, 3.63) is 17.6 Å². The van der Waals surface area contributed by atoms with Crippen molar-refractivity contribution < 1.29 is 9.53 Å². The molecular formula is C10H15N3O2S. The lowest BCUT2D eigenvalue weighted by atomic mass is 10.4. The first-order valence-electron chi connectivity index (χ1n) is 4.84. The SMILES string of the molecule is COC(=O)c1nc(C)cc(NCCSC)n1. The smallest absolute Gasteiger partial charge is 0.376 e. The predicted molar refractivity (Wildman–Crippen MR) is 65.0 cm³/mol. The Balaban J connectivity index is 2.77. The quantitative estimate of drug-likeness (QED) is 0.620. The van der Waals surface area contributed by atoms with Gasteiger partial charge in [0.15, 0.2) is 0 Å². The fourth-order valence-corrected chi connectivity index (χ4v) is 1.43. The molecule has 0 amide bonds. The third-order valence-electron chi connectivity index (χ3n) is 1.83. The first-order chi connectivity index (χ1) is 7.67. The Morgan fingerprint density at radius 3 is 2.94 bits per heavy atom. The minimum absolute atomic E-state index is 0.0918. The van der Waals surface area contributed by atoms with Gasteiger partial charge in [0.2, 0.25) is 5.82 Å². The van der Waals surface area contributed by atoms with Crippen LogP contribution in [0, 0.1) is 6.92 Å². The van der Waals surface area contributed by atoms with Gasteiger partial charge in [-0.1, -0.05) is 0 Å². The molecule has 0 unspecified atom stereocenters. The number of aromatic nitrogens is 2. The molecule has 0 aromatic carbocycles. The number of hydrogen-bond acceptors (Lipinski definition) is 6. The zero-order valence-electron chi connectivity index (χ0n) is 9.61. The number of nitrogens with one attached hydrogen (secondary N) is 1. The van der Waals surface area contributed by atoms with Crippen molar-refractivity contribution in [2.75, 3.05) is 31.0 Å². The molecular weight excluding hydrogens is 226 g/mol. The van der Waals surface area contributed by atoms with Gasteiger partial charge in [-0.15, -0.1) is 0 Å². The van der Waals surface area contributed by atoms with E-state index in [1.807, 2.05) is 13.2 Å². The van der Waals surface area contributed by atoms with Crippen LogP contribution >= 0.6 is 11.8 Å². The van der Waals surface area contributed by atoms with Gasteiger partial charge in [-0.3, -0.25) is 0 Å². The molecule has 6 heteroatoms. The van der Waals surface area contributed by atoms with E-state index < -0.39 is 5.97 Å². The van der Waals surface area contributed by atoms with Gasteiger partial charge in [-0.25, -0.2) is 14.8 Å². The molecule has 1 rings (SSSR count). The molecule has 0 atom stereocenters. The van der Waals surface area contributed by atoms with Crippen molar-refractivity contribution in [2.45, 2.75) is 6.92 Å². The van der Waals surface area contributed by atoms with Gasteiger partial charge in [-0.05, 0) is 13.2 Å². The fraction of sp³-hybridized carbons (Fsp3) is 0.500. The average molecular weight is 241 g/mol. The van der Waals surface area contributed by atoms with Crippen molar-refractivity contribution >= 4 is 23.5 Å². The van der Waals surface area contributed by atoms with Crippen LogP contribution in [0.2, 0.25) is 0 Å². The van der Waals surface area contributed by atoms with E-state index in [4.69, 9.17) is 0 Å². The number of esters is 1. The van der Waals surface area contributed by atoms with Crippen LogP contribution in [-0.2, 0) is 4.74 Å². The Kier molecular flexibility index (Phi) is 5.04. The number of nitrogens with zero attached hydrogens (tertiary/aromatic N) is 2. The molecule has 0 spiro atoms. The summed E-state index contributed by atoms with van der Waals surface area (Å²) >= 11 is 1.74. The van der Waals surface area contributed by atoms with Gasteiger partial charge >= 0.3 is 5.97 Å². The molecule has 1 aromatic rings. The lowest BCUT2D eigenvalue weighted by molar-refractivity contribution is 0.0586. The number of thioether (sulfide) groups is 1. The zero-order chi connectivity index (χ0) is 12.0. The largest absolute Gasteiger partial charge is 0.463 e. The maximum atomic E-state index is 11.3. The second kappa shape index (κ2) is 6.32.